The molecule has 46 heavy (non-hydrogen) atoms. The monoisotopic (exact) mass is 627 g/mol. The number of aromatic nitrogens is 4. The number of imidazole rings is 1. The Hall–Kier alpha value is -5.26. The number of benzene rings is 1. The van der Waals surface area contributed by atoms with Gasteiger partial charge >= 0.3 is 12.1 Å². The summed E-state index contributed by atoms with van der Waals surface area (Å²) < 4.78 is 27.6. The lowest BCUT2D eigenvalue weighted by Gasteiger charge is -2.21. The summed E-state index contributed by atoms with van der Waals surface area (Å²) in [7, 11) is 0. The number of urea groups is 1. The third-order valence-electron chi connectivity index (χ3n) is 6.95. The van der Waals surface area contributed by atoms with E-state index in [9.17, 15) is 9.59 Å². The predicted molar refractivity (Wildman–Crippen MR) is 174 cm³/mol. The maximum Gasteiger partial charge on any atom is 0.407 e. The van der Waals surface area contributed by atoms with E-state index in [0.717, 1.165) is 16.8 Å². The Balaban J connectivity index is 1.26. The van der Waals surface area contributed by atoms with Gasteiger partial charge in [0.2, 0.25) is 0 Å². The van der Waals surface area contributed by atoms with Gasteiger partial charge in [0, 0.05) is 47.6 Å². The van der Waals surface area contributed by atoms with Crippen LogP contribution in [-0.2, 0) is 16.6 Å². The van der Waals surface area contributed by atoms with Crippen LogP contribution >= 0.6 is 0 Å². The van der Waals surface area contributed by atoms with Gasteiger partial charge in [-0.05, 0) is 75.2 Å². The van der Waals surface area contributed by atoms with Gasteiger partial charge in [-0.2, -0.15) is 0 Å². The van der Waals surface area contributed by atoms with Crippen LogP contribution < -0.4 is 16.0 Å². The fourth-order valence-electron chi connectivity index (χ4n) is 4.75. The topological polar surface area (TPSA) is 136 Å². The van der Waals surface area contributed by atoms with Gasteiger partial charge in [-0.15, -0.1) is 0 Å². The van der Waals surface area contributed by atoms with Crippen LogP contribution in [0.5, 0.6) is 0 Å². The SMILES string of the molecule is CC(Cc1cc(-c2ccn3c(-c4ccc(NC(=O)Nc5cc(C(C)(C)C)on5)c(F)c4)cnc3c2)ccn1)NC(=O)OC(C)(C)C. The molecule has 11 nitrogen and oxygen atoms in total. The van der Waals surface area contributed by atoms with E-state index in [2.05, 4.69) is 31.1 Å². The smallest absolute Gasteiger partial charge is 0.407 e. The van der Waals surface area contributed by atoms with Crippen molar-refractivity contribution >= 4 is 29.3 Å². The number of amides is 3. The van der Waals surface area contributed by atoms with E-state index in [4.69, 9.17) is 9.26 Å². The van der Waals surface area contributed by atoms with Crippen LogP contribution in [0.15, 0.2) is 71.6 Å². The molecule has 0 fully saturated rings. The third-order valence-corrected chi connectivity index (χ3v) is 6.95. The Labute approximate surface area is 266 Å². The molecule has 0 aliphatic heterocycles. The first-order valence-electron chi connectivity index (χ1n) is 14.9. The molecule has 0 saturated heterocycles. The van der Waals surface area contributed by atoms with Gasteiger partial charge < -0.3 is 19.9 Å². The van der Waals surface area contributed by atoms with Crippen LogP contribution in [0.4, 0.5) is 25.5 Å². The minimum absolute atomic E-state index is 0.0148. The summed E-state index contributed by atoms with van der Waals surface area (Å²) in [4.78, 5) is 33.6. The second-order valence-electron chi connectivity index (χ2n) is 13.2. The Kier molecular flexibility index (Phi) is 8.82. The van der Waals surface area contributed by atoms with Crippen LogP contribution in [0.25, 0.3) is 28.0 Å². The summed E-state index contributed by atoms with van der Waals surface area (Å²) in [6.45, 7) is 13.3. The maximum atomic E-state index is 15.1. The molecule has 1 aromatic carbocycles. The van der Waals surface area contributed by atoms with E-state index in [1.165, 1.54) is 12.1 Å². The van der Waals surface area contributed by atoms with Crippen molar-refractivity contribution in [2.24, 2.45) is 0 Å². The summed E-state index contributed by atoms with van der Waals surface area (Å²) in [5.41, 5.74) is 3.82. The van der Waals surface area contributed by atoms with Crippen molar-refractivity contribution in [1.29, 1.82) is 0 Å². The third kappa shape index (κ3) is 7.87. The molecule has 0 aliphatic rings. The van der Waals surface area contributed by atoms with E-state index in [0.29, 0.717) is 29.1 Å². The first-order valence-corrected chi connectivity index (χ1v) is 14.9. The zero-order valence-corrected chi connectivity index (χ0v) is 26.9. The van der Waals surface area contributed by atoms with Crippen molar-refractivity contribution in [2.45, 2.75) is 71.9 Å². The zero-order chi connectivity index (χ0) is 33.2. The molecule has 0 saturated carbocycles. The lowest BCUT2D eigenvalue weighted by atomic mass is 9.93. The summed E-state index contributed by atoms with van der Waals surface area (Å²) in [5.74, 6) is 0.245. The summed E-state index contributed by atoms with van der Waals surface area (Å²) in [5, 5.41) is 11.8. The first-order chi connectivity index (χ1) is 21.6. The molecule has 3 N–H and O–H groups in total. The van der Waals surface area contributed by atoms with Crippen molar-refractivity contribution in [3.63, 3.8) is 0 Å². The Bertz CT molecular complexity index is 1880. The van der Waals surface area contributed by atoms with Gasteiger partial charge in [-0.1, -0.05) is 32.0 Å². The summed E-state index contributed by atoms with van der Waals surface area (Å²) >= 11 is 0. The number of carbonyl (C=O) groups is 2. The predicted octanol–water partition coefficient (Wildman–Crippen LogP) is 7.59. The number of pyridine rings is 2. The van der Waals surface area contributed by atoms with Crippen LogP contribution in [0, 0.1) is 5.82 Å². The van der Waals surface area contributed by atoms with Gasteiger partial charge in [-0.3, -0.25) is 14.7 Å². The molecule has 0 aliphatic carbocycles. The number of ether oxygens (including phenoxy) is 1. The van der Waals surface area contributed by atoms with Gasteiger partial charge in [0.15, 0.2) is 5.82 Å². The van der Waals surface area contributed by atoms with Gasteiger partial charge in [0.25, 0.3) is 0 Å². The normalized spacial score (nSPS) is 12.5. The second kappa shape index (κ2) is 12.6. The van der Waals surface area contributed by atoms with Crippen molar-refractivity contribution in [1.82, 2.24) is 24.8 Å². The molecule has 240 valence electrons. The lowest BCUT2D eigenvalue weighted by Crippen LogP contribution is -2.38. The number of halogens is 1. The van der Waals surface area contributed by atoms with Crippen LogP contribution in [0.1, 0.15) is 59.9 Å². The van der Waals surface area contributed by atoms with E-state index >= 15 is 4.39 Å². The molecule has 0 bridgehead atoms. The molecule has 0 radical (unpaired) electrons. The average Bonchev–Trinajstić information content (AvgIpc) is 3.60. The number of fused-ring (bicyclic) bond motifs is 1. The second-order valence-corrected chi connectivity index (χ2v) is 13.2. The van der Waals surface area contributed by atoms with Gasteiger partial charge in [0.05, 0.1) is 17.6 Å². The standard InChI is InChI=1S/C34H38FN7O4/c1-20(38-32(44)45-34(5,6)7)14-24-15-21(10-12-36-24)22-11-13-42-27(19-37-30(42)17-22)23-8-9-26(25(35)16-23)39-31(43)40-29-18-28(46-41-29)33(2,3)4/h8-13,15-20H,14H2,1-7H3,(H,38,44)(H2,39,40,41,43). The highest BCUT2D eigenvalue weighted by Gasteiger charge is 2.21. The molecule has 5 rings (SSSR count). The number of carbonyl (C=O) groups excluding carboxylic acids is 2. The Morgan fingerprint density at radius 3 is 2.41 bits per heavy atom. The highest BCUT2D eigenvalue weighted by atomic mass is 19.1. The number of nitrogens with one attached hydrogen (secondary N) is 3. The van der Waals surface area contributed by atoms with Crippen LogP contribution in [0.2, 0.25) is 0 Å². The molecule has 5 aromatic rings. The number of anilines is 2. The molecule has 1 atom stereocenters. The molecule has 12 heteroatoms. The molecule has 3 amide bonds. The minimum atomic E-state index is -0.643. The zero-order valence-electron chi connectivity index (χ0n) is 26.9. The molecular formula is C34H38FN7O4. The number of nitrogens with zero attached hydrogens (tertiary/aromatic N) is 4. The van der Waals surface area contributed by atoms with E-state index < -0.39 is 23.5 Å². The molecule has 4 aromatic heterocycles. The number of hydrogen-bond acceptors (Lipinski definition) is 7. The van der Waals surface area contributed by atoms with Crippen molar-refractivity contribution in [3.05, 3.63) is 84.4 Å². The highest BCUT2D eigenvalue weighted by Crippen LogP contribution is 2.29. The average molecular weight is 628 g/mol. The fourth-order valence-corrected chi connectivity index (χ4v) is 4.75. The quantitative estimate of drug-likeness (QED) is 0.169. The molecule has 0 spiro atoms. The lowest BCUT2D eigenvalue weighted by molar-refractivity contribution is 0.0508. The van der Waals surface area contributed by atoms with Crippen molar-refractivity contribution in [2.75, 3.05) is 10.6 Å². The minimum Gasteiger partial charge on any atom is -0.444 e. The van der Waals surface area contributed by atoms with Gasteiger partial charge in [0.1, 0.15) is 22.8 Å². The number of rotatable bonds is 7. The maximum absolute atomic E-state index is 15.1. The molecule has 1 unspecified atom stereocenters. The number of hydrogen-bond donors (Lipinski definition) is 3. The highest BCUT2D eigenvalue weighted by molar-refractivity contribution is 5.99. The van der Waals surface area contributed by atoms with Gasteiger partial charge in [-0.25, -0.2) is 19.0 Å². The fraction of sp³-hybridized carbons (Fsp3) is 0.324. The van der Waals surface area contributed by atoms with Crippen LogP contribution in [-0.4, -0.2) is 43.3 Å². The summed E-state index contributed by atoms with van der Waals surface area (Å²) in [6, 6.07) is 13.2. The van der Waals surface area contributed by atoms with Crippen molar-refractivity contribution < 1.29 is 23.2 Å². The van der Waals surface area contributed by atoms with E-state index in [1.807, 2.05) is 83.3 Å². The number of alkyl carbamates (subject to hydrolysis) is 1. The van der Waals surface area contributed by atoms with E-state index in [1.54, 1.807) is 24.5 Å². The Morgan fingerprint density at radius 2 is 1.72 bits per heavy atom. The van der Waals surface area contributed by atoms with Crippen molar-refractivity contribution in [3.8, 4) is 22.4 Å². The molecule has 4 heterocycles. The van der Waals surface area contributed by atoms with Crippen LogP contribution in [0.3, 0.4) is 0 Å². The summed E-state index contributed by atoms with van der Waals surface area (Å²) in [6.07, 6.45) is 5.35. The molecular weight excluding hydrogens is 589 g/mol. The Morgan fingerprint density at radius 1 is 0.957 bits per heavy atom. The largest absolute Gasteiger partial charge is 0.444 e. The van der Waals surface area contributed by atoms with E-state index in [-0.39, 0.29) is 23.0 Å². The first kappa shape index (κ1) is 32.1.